The molecule has 0 radical (unpaired) electrons. The third-order valence-corrected chi connectivity index (χ3v) is 5.73. The van der Waals surface area contributed by atoms with Gasteiger partial charge in [0.25, 0.3) is 0 Å². The van der Waals surface area contributed by atoms with Crippen molar-refractivity contribution in [2.75, 3.05) is 0 Å². The summed E-state index contributed by atoms with van der Waals surface area (Å²) in [7, 11) is 0. The lowest BCUT2D eigenvalue weighted by Gasteiger charge is -2.25. The summed E-state index contributed by atoms with van der Waals surface area (Å²) in [5.74, 6) is 0. The predicted octanol–water partition coefficient (Wildman–Crippen LogP) is 9.27. The molecule has 0 N–H and O–H groups in total. The molecule has 3 aromatic rings. The zero-order valence-corrected chi connectivity index (χ0v) is 20.4. The summed E-state index contributed by atoms with van der Waals surface area (Å²) < 4.78 is 0. The second kappa shape index (κ2) is 9.57. The van der Waals surface area contributed by atoms with Crippen LogP contribution in [0.2, 0.25) is 0 Å². The molecule has 0 aromatic heterocycles. The van der Waals surface area contributed by atoms with E-state index in [1.165, 1.54) is 33.4 Å². The van der Waals surface area contributed by atoms with Gasteiger partial charge in [0.05, 0.1) is 0 Å². The lowest BCUT2D eigenvalue weighted by atomic mass is 9.79. The Kier molecular flexibility index (Phi) is 7.04. The molecule has 0 atom stereocenters. The summed E-state index contributed by atoms with van der Waals surface area (Å²) in [5.41, 5.74) is 9.00. The van der Waals surface area contributed by atoms with Crippen molar-refractivity contribution in [1.82, 2.24) is 0 Å². The maximum absolute atomic E-state index is 3.80. The standard InChI is InChI=1S/C32H36/c1-8-24-9-11-25(12-10-24)13-14-26-15-17-27(18-16-26)19-20-28-21-29(31(2,3)4)23-30(22-28)32(5,6)7/h8-23H,1H2,2-7H3. The average Bonchev–Trinajstić information content (AvgIpc) is 2.76. The van der Waals surface area contributed by atoms with Crippen LogP contribution in [0.3, 0.4) is 0 Å². The van der Waals surface area contributed by atoms with E-state index in [4.69, 9.17) is 0 Å². The molecule has 3 aromatic carbocycles. The minimum Gasteiger partial charge on any atom is -0.0985 e. The molecule has 0 aliphatic rings. The smallest absolute Gasteiger partial charge is 0.0132 e. The second-order valence-corrected chi connectivity index (χ2v) is 10.5. The molecule has 0 unspecified atom stereocenters. The van der Waals surface area contributed by atoms with Crippen LogP contribution >= 0.6 is 0 Å². The average molecular weight is 421 g/mol. The molecule has 0 heterocycles. The van der Waals surface area contributed by atoms with Crippen LogP contribution in [-0.2, 0) is 10.8 Å². The van der Waals surface area contributed by atoms with Crippen molar-refractivity contribution < 1.29 is 0 Å². The monoisotopic (exact) mass is 420 g/mol. The topological polar surface area (TPSA) is 0 Å². The van der Waals surface area contributed by atoms with Crippen molar-refractivity contribution in [2.45, 2.75) is 52.4 Å². The molecule has 0 bridgehead atoms. The van der Waals surface area contributed by atoms with Gasteiger partial charge in [0.1, 0.15) is 0 Å². The van der Waals surface area contributed by atoms with Gasteiger partial charge in [-0.05, 0) is 49.8 Å². The van der Waals surface area contributed by atoms with Crippen molar-refractivity contribution in [3.05, 3.63) is 112 Å². The number of rotatable bonds is 5. The third kappa shape index (κ3) is 6.44. The summed E-state index contributed by atoms with van der Waals surface area (Å²) in [4.78, 5) is 0. The van der Waals surface area contributed by atoms with Gasteiger partial charge < -0.3 is 0 Å². The van der Waals surface area contributed by atoms with Crippen molar-refractivity contribution in [3.8, 4) is 0 Å². The highest BCUT2D eigenvalue weighted by Crippen LogP contribution is 2.31. The second-order valence-electron chi connectivity index (χ2n) is 10.5. The summed E-state index contributed by atoms with van der Waals surface area (Å²) in [6.07, 6.45) is 10.6. The minimum absolute atomic E-state index is 0.129. The molecule has 0 aliphatic heterocycles. The Morgan fingerprint density at radius 1 is 0.469 bits per heavy atom. The molecule has 0 amide bonds. The number of hydrogen-bond acceptors (Lipinski definition) is 0. The van der Waals surface area contributed by atoms with Gasteiger partial charge in [0.2, 0.25) is 0 Å². The Morgan fingerprint density at radius 3 is 1.09 bits per heavy atom. The van der Waals surface area contributed by atoms with Gasteiger partial charge in [-0.15, -0.1) is 0 Å². The molecule has 0 heteroatoms. The molecule has 0 saturated carbocycles. The van der Waals surface area contributed by atoms with Gasteiger partial charge in [-0.25, -0.2) is 0 Å². The van der Waals surface area contributed by atoms with Gasteiger partial charge in [-0.3, -0.25) is 0 Å². The van der Waals surface area contributed by atoms with E-state index < -0.39 is 0 Å². The van der Waals surface area contributed by atoms with E-state index in [0.717, 1.165) is 5.56 Å². The summed E-state index contributed by atoms with van der Waals surface area (Å²) in [6.45, 7) is 17.5. The Morgan fingerprint density at radius 2 is 0.781 bits per heavy atom. The molecule has 0 spiro atoms. The lowest BCUT2D eigenvalue weighted by molar-refractivity contribution is 0.568. The van der Waals surface area contributed by atoms with Gasteiger partial charge in [-0.1, -0.05) is 145 Å². The van der Waals surface area contributed by atoms with Crippen LogP contribution in [0.4, 0.5) is 0 Å². The van der Waals surface area contributed by atoms with Crippen LogP contribution in [0.25, 0.3) is 30.4 Å². The molecule has 32 heavy (non-hydrogen) atoms. The largest absolute Gasteiger partial charge is 0.0985 e. The lowest BCUT2D eigenvalue weighted by Crippen LogP contribution is -2.16. The van der Waals surface area contributed by atoms with E-state index in [0.29, 0.717) is 0 Å². The Hall–Kier alpha value is -3.12. The third-order valence-electron chi connectivity index (χ3n) is 5.73. The number of benzene rings is 3. The fourth-order valence-corrected chi connectivity index (χ4v) is 3.46. The van der Waals surface area contributed by atoms with Gasteiger partial charge in [0, 0.05) is 0 Å². The first kappa shape index (κ1) is 23.5. The van der Waals surface area contributed by atoms with E-state index in [9.17, 15) is 0 Å². The first-order valence-electron chi connectivity index (χ1n) is 11.4. The number of hydrogen-bond donors (Lipinski definition) is 0. The van der Waals surface area contributed by atoms with Crippen LogP contribution in [0.1, 0.15) is 80.5 Å². The SMILES string of the molecule is C=Cc1ccc(C=Cc2ccc(C=Cc3cc(C(C)(C)C)cc(C(C)(C)C)c3)cc2)cc1. The molecule has 0 nitrogen and oxygen atoms in total. The van der Waals surface area contributed by atoms with E-state index in [2.05, 4.69) is 139 Å². The maximum atomic E-state index is 3.80. The normalized spacial score (nSPS) is 12.6. The summed E-state index contributed by atoms with van der Waals surface area (Å²) >= 11 is 0. The predicted molar refractivity (Wildman–Crippen MR) is 145 cm³/mol. The maximum Gasteiger partial charge on any atom is -0.0132 e. The fraction of sp³-hybridized carbons (Fsp3) is 0.250. The van der Waals surface area contributed by atoms with E-state index >= 15 is 0 Å². The molecule has 164 valence electrons. The van der Waals surface area contributed by atoms with Crippen molar-refractivity contribution in [3.63, 3.8) is 0 Å². The van der Waals surface area contributed by atoms with E-state index in [1.54, 1.807) is 0 Å². The molecule has 3 rings (SSSR count). The molecular weight excluding hydrogens is 384 g/mol. The Bertz CT molecular complexity index is 1070. The van der Waals surface area contributed by atoms with Crippen molar-refractivity contribution >= 4 is 30.4 Å². The highest BCUT2D eigenvalue weighted by Gasteiger charge is 2.19. The highest BCUT2D eigenvalue weighted by atomic mass is 14.2. The first-order valence-corrected chi connectivity index (χ1v) is 11.4. The molecular formula is C32H36. The summed E-state index contributed by atoms with van der Waals surface area (Å²) in [5, 5.41) is 0. The first-order chi connectivity index (χ1) is 15.0. The highest BCUT2D eigenvalue weighted by molar-refractivity contribution is 5.73. The molecule has 0 aliphatic carbocycles. The van der Waals surface area contributed by atoms with E-state index in [-0.39, 0.29) is 10.8 Å². The molecule has 0 saturated heterocycles. The van der Waals surface area contributed by atoms with Crippen LogP contribution in [-0.4, -0.2) is 0 Å². The minimum atomic E-state index is 0.129. The Labute approximate surface area is 195 Å². The Balaban J connectivity index is 1.78. The van der Waals surface area contributed by atoms with E-state index in [1.807, 2.05) is 6.08 Å². The van der Waals surface area contributed by atoms with Crippen LogP contribution in [0, 0.1) is 0 Å². The zero-order valence-electron chi connectivity index (χ0n) is 20.4. The van der Waals surface area contributed by atoms with Crippen LogP contribution < -0.4 is 0 Å². The van der Waals surface area contributed by atoms with Crippen LogP contribution in [0.15, 0.2) is 73.3 Å². The zero-order chi connectivity index (χ0) is 23.4. The quantitative estimate of drug-likeness (QED) is 0.361. The van der Waals surface area contributed by atoms with Crippen molar-refractivity contribution in [2.24, 2.45) is 0 Å². The van der Waals surface area contributed by atoms with Crippen LogP contribution in [0.5, 0.6) is 0 Å². The van der Waals surface area contributed by atoms with Gasteiger partial charge in [-0.2, -0.15) is 0 Å². The molecule has 0 fully saturated rings. The fourth-order valence-electron chi connectivity index (χ4n) is 3.46. The summed E-state index contributed by atoms with van der Waals surface area (Å²) in [6, 6.07) is 24.1. The van der Waals surface area contributed by atoms with Gasteiger partial charge in [0.15, 0.2) is 0 Å². The van der Waals surface area contributed by atoms with Crippen molar-refractivity contribution in [1.29, 1.82) is 0 Å². The van der Waals surface area contributed by atoms with Gasteiger partial charge >= 0.3 is 0 Å².